The summed E-state index contributed by atoms with van der Waals surface area (Å²) in [7, 11) is 0. The Hall–Kier alpha value is -2.41. The van der Waals surface area contributed by atoms with Crippen LogP contribution in [0.3, 0.4) is 0 Å². The molecule has 2 fully saturated rings. The maximum atomic E-state index is 12.7. The maximum Gasteiger partial charge on any atom is 0.253 e. The van der Waals surface area contributed by atoms with Gasteiger partial charge >= 0.3 is 0 Å². The third-order valence-corrected chi connectivity index (χ3v) is 6.58. The molecule has 4 rings (SSSR count). The summed E-state index contributed by atoms with van der Waals surface area (Å²) in [5, 5.41) is 8.37. The number of piperidine rings is 1. The van der Waals surface area contributed by atoms with Crippen molar-refractivity contribution in [3.63, 3.8) is 0 Å². The van der Waals surface area contributed by atoms with Gasteiger partial charge in [0.05, 0.1) is 17.8 Å². The molecule has 1 saturated carbocycles. The summed E-state index contributed by atoms with van der Waals surface area (Å²) in [5.74, 6) is 0.0939. The molecule has 1 saturated heterocycles. The summed E-state index contributed by atoms with van der Waals surface area (Å²) in [6.45, 7) is 4.69. The van der Waals surface area contributed by atoms with Crippen LogP contribution in [-0.4, -0.2) is 54.3 Å². The first-order valence-corrected chi connectivity index (χ1v) is 10.8. The number of amides is 3. The molecule has 0 bridgehead atoms. The topological polar surface area (TPSA) is 90.5 Å². The highest BCUT2D eigenvalue weighted by molar-refractivity contribution is 6.09. The molecular formula is C22H30N4O3. The number of nitrogens with zero attached hydrogens (tertiary/aromatic N) is 1. The number of benzene rings is 1. The molecule has 3 amide bonds. The van der Waals surface area contributed by atoms with E-state index in [0.29, 0.717) is 22.9 Å². The SMILES string of the molecule is CC1CCN(C2CCC(NC(=O)c3ccc4c(c3)NC(=O)CNC4=O)CC2)CC1. The normalized spacial score (nSPS) is 26.1. The standard InChI is InChI=1S/C22H30N4O3/c1-14-8-10-26(11-9-14)17-5-3-16(4-6-17)24-21(28)15-2-7-18-19(12-15)25-20(27)13-23-22(18)29/h2,7,12,14,16-17H,3-6,8-11,13H2,1H3,(H,23,29)(H,24,28)(H,25,27). The van der Waals surface area contributed by atoms with E-state index in [9.17, 15) is 14.4 Å². The van der Waals surface area contributed by atoms with Crippen LogP contribution in [-0.2, 0) is 4.79 Å². The van der Waals surface area contributed by atoms with E-state index in [1.165, 1.54) is 25.9 Å². The molecule has 1 aromatic rings. The molecule has 0 unspecified atom stereocenters. The highest BCUT2D eigenvalue weighted by atomic mass is 16.2. The second-order valence-electron chi connectivity index (χ2n) is 8.69. The van der Waals surface area contributed by atoms with Gasteiger partial charge in [0, 0.05) is 17.6 Å². The number of hydrogen-bond donors (Lipinski definition) is 3. The summed E-state index contributed by atoms with van der Waals surface area (Å²) in [4.78, 5) is 39.1. The van der Waals surface area contributed by atoms with Crippen molar-refractivity contribution in [1.82, 2.24) is 15.5 Å². The predicted molar refractivity (Wildman–Crippen MR) is 111 cm³/mol. The van der Waals surface area contributed by atoms with Crippen LogP contribution < -0.4 is 16.0 Å². The van der Waals surface area contributed by atoms with Crippen molar-refractivity contribution < 1.29 is 14.4 Å². The Kier molecular flexibility index (Phi) is 5.85. The van der Waals surface area contributed by atoms with Crippen LogP contribution in [0.4, 0.5) is 5.69 Å². The lowest BCUT2D eigenvalue weighted by molar-refractivity contribution is -0.115. The van der Waals surface area contributed by atoms with Crippen molar-refractivity contribution in [3.05, 3.63) is 29.3 Å². The van der Waals surface area contributed by atoms with Gasteiger partial charge in [0.2, 0.25) is 5.91 Å². The van der Waals surface area contributed by atoms with E-state index in [-0.39, 0.29) is 30.3 Å². The second kappa shape index (κ2) is 8.53. The molecule has 0 aromatic heterocycles. The molecule has 1 aromatic carbocycles. The van der Waals surface area contributed by atoms with Crippen LogP contribution in [0.25, 0.3) is 0 Å². The summed E-state index contributed by atoms with van der Waals surface area (Å²) in [6, 6.07) is 5.66. The van der Waals surface area contributed by atoms with Crippen LogP contribution in [0, 0.1) is 5.92 Å². The van der Waals surface area contributed by atoms with Gasteiger partial charge in [0.15, 0.2) is 0 Å². The smallest absolute Gasteiger partial charge is 0.253 e. The minimum atomic E-state index is -0.310. The first-order valence-electron chi connectivity index (χ1n) is 10.8. The van der Waals surface area contributed by atoms with E-state index in [1.54, 1.807) is 18.2 Å². The van der Waals surface area contributed by atoms with E-state index < -0.39 is 0 Å². The van der Waals surface area contributed by atoms with Crippen LogP contribution in [0.2, 0.25) is 0 Å². The highest BCUT2D eigenvalue weighted by Crippen LogP contribution is 2.27. The minimum absolute atomic E-state index is 0.0613. The lowest BCUT2D eigenvalue weighted by atomic mass is 9.88. The molecule has 3 aliphatic rings. The highest BCUT2D eigenvalue weighted by Gasteiger charge is 2.29. The molecule has 7 nitrogen and oxygen atoms in total. The molecule has 156 valence electrons. The first kappa shape index (κ1) is 19.9. The van der Waals surface area contributed by atoms with Crippen LogP contribution in [0.1, 0.15) is 66.2 Å². The van der Waals surface area contributed by atoms with Crippen LogP contribution >= 0.6 is 0 Å². The van der Waals surface area contributed by atoms with Gasteiger partial charge in [-0.2, -0.15) is 0 Å². The molecule has 3 N–H and O–H groups in total. The zero-order chi connectivity index (χ0) is 20.4. The van der Waals surface area contributed by atoms with Gasteiger partial charge in [-0.25, -0.2) is 0 Å². The fraction of sp³-hybridized carbons (Fsp3) is 0.591. The Bertz CT molecular complexity index is 793. The molecule has 2 heterocycles. The van der Waals surface area contributed by atoms with Gasteiger partial charge in [-0.1, -0.05) is 6.92 Å². The van der Waals surface area contributed by atoms with Crippen LogP contribution in [0.15, 0.2) is 18.2 Å². The average Bonchev–Trinajstić information content (AvgIpc) is 2.87. The van der Waals surface area contributed by atoms with Gasteiger partial charge < -0.3 is 20.9 Å². The van der Waals surface area contributed by atoms with Gasteiger partial charge in [-0.3, -0.25) is 14.4 Å². The van der Waals surface area contributed by atoms with E-state index in [4.69, 9.17) is 0 Å². The first-order chi connectivity index (χ1) is 14.0. The minimum Gasteiger partial charge on any atom is -0.349 e. The summed E-state index contributed by atoms with van der Waals surface area (Å²) in [5.41, 5.74) is 1.23. The summed E-state index contributed by atoms with van der Waals surface area (Å²) < 4.78 is 0. The van der Waals surface area contributed by atoms with Crippen molar-refractivity contribution in [2.75, 3.05) is 25.0 Å². The monoisotopic (exact) mass is 398 g/mol. The number of nitrogens with one attached hydrogen (secondary N) is 3. The quantitative estimate of drug-likeness (QED) is 0.728. The maximum absolute atomic E-state index is 12.7. The lowest BCUT2D eigenvalue weighted by Gasteiger charge is -2.40. The molecule has 0 spiro atoms. The zero-order valence-corrected chi connectivity index (χ0v) is 17.0. The Morgan fingerprint density at radius 2 is 1.79 bits per heavy atom. The van der Waals surface area contributed by atoms with Crippen molar-refractivity contribution in [1.29, 1.82) is 0 Å². The Balaban J connectivity index is 1.33. The van der Waals surface area contributed by atoms with E-state index in [2.05, 4.69) is 27.8 Å². The van der Waals surface area contributed by atoms with Crippen molar-refractivity contribution in [2.45, 2.75) is 57.5 Å². The molecule has 29 heavy (non-hydrogen) atoms. The third kappa shape index (κ3) is 4.61. The number of fused-ring (bicyclic) bond motifs is 1. The van der Waals surface area contributed by atoms with Gasteiger partial charge in [0.25, 0.3) is 11.8 Å². The van der Waals surface area contributed by atoms with Gasteiger partial charge in [-0.15, -0.1) is 0 Å². The van der Waals surface area contributed by atoms with Crippen molar-refractivity contribution in [3.8, 4) is 0 Å². The Labute approximate surface area is 171 Å². The fourth-order valence-corrected chi connectivity index (χ4v) is 4.68. The predicted octanol–water partition coefficient (Wildman–Crippen LogP) is 2.14. The van der Waals surface area contributed by atoms with Gasteiger partial charge in [0.1, 0.15) is 0 Å². The fourth-order valence-electron chi connectivity index (χ4n) is 4.68. The average molecular weight is 399 g/mol. The lowest BCUT2D eigenvalue weighted by Crippen LogP contribution is -2.46. The Morgan fingerprint density at radius 3 is 2.52 bits per heavy atom. The third-order valence-electron chi connectivity index (χ3n) is 6.58. The van der Waals surface area contributed by atoms with Crippen molar-refractivity contribution >= 4 is 23.4 Å². The molecule has 0 atom stereocenters. The summed E-state index contributed by atoms with van der Waals surface area (Å²) >= 11 is 0. The van der Waals surface area contributed by atoms with E-state index >= 15 is 0 Å². The summed E-state index contributed by atoms with van der Waals surface area (Å²) in [6.07, 6.45) is 6.83. The number of rotatable bonds is 3. The molecule has 2 aliphatic heterocycles. The number of likely N-dealkylation sites (tertiary alicyclic amines) is 1. The zero-order valence-electron chi connectivity index (χ0n) is 17.0. The number of anilines is 1. The molecule has 1 aliphatic carbocycles. The second-order valence-corrected chi connectivity index (χ2v) is 8.69. The van der Waals surface area contributed by atoms with Gasteiger partial charge in [-0.05, 0) is 75.7 Å². The van der Waals surface area contributed by atoms with Crippen LogP contribution in [0.5, 0.6) is 0 Å². The molecular weight excluding hydrogens is 368 g/mol. The van der Waals surface area contributed by atoms with E-state index in [0.717, 1.165) is 31.6 Å². The Morgan fingerprint density at radius 1 is 1.07 bits per heavy atom. The molecule has 0 radical (unpaired) electrons. The largest absolute Gasteiger partial charge is 0.349 e. The number of carbonyl (C=O) groups excluding carboxylic acids is 3. The van der Waals surface area contributed by atoms with E-state index in [1.807, 2.05) is 0 Å². The molecule has 7 heteroatoms. The van der Waals surface area contributed by atoms with Crippen molar-refractivity contribution in [2.24, 2.45) is 5.92 Å². The number of hydrogen-bond acceptors (Lipinski definition) is 4. The number of carbonyl (C=O) groups is 3.